The summed E-state index contributed by atoms with van der Waals surface area (Å²) < 4.78 is 10.5. The first kappa shape index (κ1) is 17.4. The van der Waals surface area contributed by atoms with Crippen molar-refractivity contribution in [3.8, 4) is 5.75 Å². The molecule has 0 aliphatic carbocycles. The van der Waals surface area contributed by atoms with Crippen LogP contribution in [-0.2, 0) is 9.53 Å². The fourth-order valence-electron chi connectivity index (χ4n) is 2.31. The summed E-state index contributed by atoms with van der Waals surface area (Å²) in [6.07, 6.45) is -0.331. The van der Waals surface area contributed by atoms with Gasteiger partial charge in [0.05, 0.1) is 11.6 Å². The van der Waals surface area contributed by atoms with E-state index in [0.717, 1.165) is 5.56 Å². The second kappa shape index (κ2) is 8.06. The number of hydrogen-bond acceptors (Lipinski definition) is 4. The largest absolute Gasteiger partial charge is 0.482 e. The van der Waals surface area contributed by atoms with Crippen molar-refractivity contribution < 1.29 is 19.1 Å². The number of hydrogen-bond donors (Lipinski definition) is 0. The van der Waals surface area contributed by atoms with Gasteiger partial charge in [-0.05, 0) is 31.5 Å². The number of ether oxygens (including phenoxy) is 2. The molecule has 0 atom stereocenters. The van der Waals surface area contributed by atoms with E-state index >= 15 is 0 Å². The molecule has 0 radical (unpaired) electrons. The van der Waals surface area contributed by atoms with E-state index in [2.05, 4.69) is 0 Å². The number of piperazine rings is 1. The second-order valence-electron chi connectivity index (χ2n) is 5.29. The molecule has 0 bridgehead atoms. The molecule has 2 amide bonds. The smallest absolute Gasteiger partial charge is 0.409 e. The van der Waals surface area contributed by atoms with Crippen LogP contribution in [0.3, 0.4) is 0 Å². The van der Waals surface area contributed by atoms with Gasteiger partial charge in [-0.25, -0.2) is 4.79 Å². The summed E-state index contributed by atoms with van der Waals surface area (Å²) in [4.78, 5) is 27.1. The Labute approximate surface area is 140 Å². The highest BCUT2D eigenvalue weighted by atomic mass is 35.5. The highest BCUT2D eigenvalue weighted by Crippen LogP contribution is 2.25. The van der Waals surface area contributed by atoms with Gasteiger partial charge in [-0.15, -0.1) is 0 Å². The molecule has 0 spiro atoms. The van der Waals surface area contributed by atoms with Gasteiger partial charge in [-0.3, -0.25) is 4.79 Å². The molecule has 7 heteroatoms. The van der Waals surface area contributed by atoms with Gasteiger partial charge in [0.2, 0.25) is 0 Å². The lowest BCUT2D eigenvalue weighted by atomic mass is 10.2. The van der Waals surface area contributed by atoms with Gasteiger partial charge in [0.25, 0.3) is 5.91 Å². The van der Waals surface area contributed by atoms with E-state index in [4.69, 9.17) is 21.1 Å². The predicted octanol–water partition coefficient (Wildman–Crippen LogP) is 2.33. The number of benzene rings is 1. The van der Waals surface area contributed by atoms with E-state index in [1.54, 1.807) is 28.9 Å². The Hall–Kier alpha value is -1.95. The summed E-state index contributed by atoms with van der Waals surface area (Å²) in [5.74, 6) is 0.385. The molecule has 0 aromatic heterocycles. The van der Waals surface area contributed by atoms with Crippen molar-refractivity contribution in [2.45, 2.75) is 13.8 Å². The molecule has 0 unspecified atom stereocenters. The number of aryl methyl sites for hydroxylation is 1. The van der Waals surface area contributed by atoms with E-state index < -0.39 is 0 Å². The van der Waals surface area contributed by atoms with E-state index in [-0.39, 0.29) is 18.6 Å². The average Bonchev–Trinajstić information content (AvgIpc) is 2.55. The number of carbonyl (C=O) groups is 2. The zero-order valence-corrected chi connectivity index (χ0v) is 14.1. The lowest BCUT2D eigenvalue weighted by molar-refractivity contribution is -0.134. The van der Waals surface area contributed by atoms with Gasteiger partial charge in [0, 0.05) is 26.2 Å². The third-order valence-corrected chi connectivity index (χ3v) is 3.91. The molecule has 23 heavy (non-hydrogen) atoms. The summed E-state index contributed by atoms with van der Waals surface area (Å²) in [7, 11) is 0. The van der Waals surface area contributed by atoms with Crippen LogP contribution in [0.1, 0.15) is 12.5 Å². The summed E-state index contributed by atoms with van der Waals surface area (Å²) in [6.45, 7) is 5.87. The highest BCUT2D eigenvalue weighted by molar-refractivity contribution is 6.32. The SMILES string of the molecule is CCOC(=O)N1CCN(C(=O)COc2cc(C)ccc2Cl)CC1. The summed E-state index contributed by atoms with van der Waals surface area (Å²) in [5, 5.41) is 0.482. The van der Waals surface area contributed by atoms with Gasteiger partial charge >= 0.3 is 6.09 Å². The zero-order valence-electron chi connectivity index (χ0n) is 13.4. The predicted molar refractivity (Wildman–Crippen MR) is 86.9 cm³/mol. The van der Waals surface area contributed by atoms with Gasteiger partial charge in [-0.2, -0.15) is 0 Å². The van der Waals surface area contributed by atoms with Crippen LogP contribution in [0.25, 0.3) is 0 Å². The minimum atomic E-state index is -0.331. The van der Waals surface area contributed by atoms with Crippen LogP contribution >= 0.6 is 11.6 Å². The Bertz CT molecular complexity index is 571. The Balaban J connectivity index is 1.81. The normalized spacial score (nSPS) is 14.6. The Morgan fingerprint density at radius 2 is 1.83 bits per heavy atom. The maximum absolute atomic E-state index is 12.2. The molecule has 1 heterocycles. The van der Waals surface area contributed by atoms with Crippen LogP contribution in [0.5, 0.6) is 5.75 Å². The summed E-state index contributed by atoms with van der Waals surface area (Å²) in [6, 6.07) is 5.43. The maximum atomic E-state index is 12.2. The number of nitrogens with zero attached hydrogens (tertiary/aromatic N) is 2. The molecule has 1 saturated heterocycles. The molecule has 0 saturated carbocycles. The molecule has 0 N–H and O–H groups in total. The monoisotopic (exact) mass is 340 g/mol. The molecule has 2 rings (SSSR count). The Kier molecular flexibility index (Phi) is 6.10. The first-order chi connectivity index (χ1) is 11.0. The maximum Gasteiger partial charge on any atom is 0.409 e. The molecule has 1 aromatic rings. The lowest BCUT2D eigenvalue weighted by Crippen LogP contribution is -2.51. The minimum Gasteiger partial charge on any atom is -0.482 e. The summed E-state index contributed by atoms with van der Waals surface area (Å²) >= 11 is 6.04. The fourth-order valence-corrected chi connectivity index (χ4v) is 2.48. The topological polar surface area (TPSA) is 59.1 Å². The molecule has 1 aliphatic rings. The number of rotatable bonds is 4. The van der Waals surface area contributed by atoms with E-state index in [0.29, 0.717) is 43.6 Å². The zero-order chi connectivity index (χ0) is 16.8. The van der Waals surface area contributed by atoms with Crippen LogP contribution in [0.4, 0.5) is 4.79 Å². The van der Waals surface area contributed by atoms with Crippen molar-refractivity contribution in [3.63, 3.8) is 0 Å². The quantitative estimate of drug-likeness (QED) is 0.844. The van der Waals surface area contributed by atoms with Crippen molar-refractivity contribution in [1.82, 2.24) is 9.80 Å². The van der Waals surface area contributed by atoms with Crippen LogP contribution in [0.2, 0.25) is 5.02 Å². The standard InChI is InChI=1S/C16H21ClN2O4/c1-3-22-16(21)19-8-6-18(7-9-19)15(20)11-23-14-10-12(2)4-5-13(14)17/h4-5,10H,3,6-9,11H2,1-2H3. The second-order valence-corrected chi connectivity index (χ2v) is 5.70. The van der Waals surface area contributed by atoms with E-state index in [9.17, 15) is 9.59 Å². The van der Waals surface area contributed by atoms with E-state index in [1.807, 2.05) is 13.0 Å². The Morgan fingerprint density at radius 3 is 2.48 bits per heavy atom. The van der Waals surface area contributed by atoms with Gasteiger partial charge < -0.3 is 19.3 Å². The number of carbonyl (C=O) groups excluding carboxylic acids is 2. The van der Waals surface area contributed by atoms with Gasteiger partial charge in [-0.1, -0.05) is 17.7 Å². The Morgan fingerprint density at radius 1 is 1.17 bits per heavy atom. The van der Waals surface area contributed by atoms with Gasteiger partial charge in [0.15, 0.2) is 6.61 Å². The van der Waals surface area contributed by atoms with Crippen LogP contribution in [0, 0.1) is 6.92 Å². The number of amides is 2. The first-order valence-electron chi connectivity index (χ1n) is 7.59. The van der Waals surface area contributed by atoms with Crippen LogP contribution in [0.15, 0.2) is 18.2 Å². The van der Waals surface area contributed by atoms with Crippen molar-refractivity contribution in [1.29, 1.82) is 0 Å². The van der Waals surface area contributed by atoms with Crippen molar-refractivity contribution in [3.05, 3.63) is 28.8 Å². The average molecular weight is 341 g/mol. The molecule has 126 valence electrons. The third kappa shape index (κ3) is 4.76. The molecular weight excluding hydrogens is 320 g/mol. The molecule has 6 nitrogen and oxygen atoms in total. The fraction of sp³-hybridized carbons (Fsp3) is 0.500. The molecular formula is C16H21ClN2O4. The molecule has 1 aromatic carbocycles. The van der Waals surface area contributed by atoms with Crippen molar-refractivity contribution in [2.75, 3.05) is 39.4 Å². The first-order valence-corrected chi connectivity index (χ1v) is 7.97. The van der Waals surface area contributed by atoms with E-state index in [1.165, 1.54) is 0 Å². The molecule has 1 fully saturated rings. The van der Waals surface area contributed by atoms with Crippen LogP contribution in [-0.4, -0.2) is 61.2 Å². The highest BCUT2D eigenvalue weighted by Gasteiger charge is 2.25. The summed E-state index contributed by atoms with van der Waals surface area (Å²) in [5.41, 5.74) is 1.01. The van der Waals surface area contributed by atoms with Crippen molar-refractivity contribution in [2.24, 2.45) is 0 Å². The van der Waals surface area contributed by atoms with Crippen molar-refractivity contribution >= 4 is 23.6 Å². The minimum absolute atomic E-state index is 0.0669. The molecule has 1 aliphatic heterocycles. The van der Waals surface area contributed by atoms with Gasteiger partial charge in [0.1, 0.15) is 5.75 Å². The lowest BCUT2D eigenvalue weighted by Gasteiger charge is -2.34. The third-order valence-electron chi connectivity index (χ3n) is 3.60. The van der Waals surface area contributed by atoms with Crippen LogP contribution < -0.4 is 4.74 Å². The number of halogens is 1.